The number of halogens is 1. The van der Waals surface area contributed by atoms with E-state index in [1.807, 2.05) is 4.90 Å². The number of rotatable bonds is 4. The molecule has 0 aromatic heterocycles. The van der Waals surface area contributed by atoms with Gasteiger partial charge in [-0.15, -0.1) is 0 Å². The zero-order valence-corrected chi connectivity index (χ0v) is 12.4. The number of phenols is 1. The Kier molecular flexibility index (Phi) is 4.55. The first kappa shape index (κ1) is 15.1. The summed E-state index contributed by atoms with van der Waals surface area (Å²) in [5.41, 5.74) is -0.434. The van der Waals surface area contributed by atoms with Gasteiger partial charge in [-0.2, -0.15) is 0 Å². The summed E-state index contributed by atoms with van der Waals surface area (Å²) >= 11 is 5.94. The van der Waals surface area contributed by atoms with Crippen molar-refractivity contribution in [2.45, 2.75) is 38.1 Å². The van der Waals surface area contributed by atoms with Crippen molar-refractivity contribution in [3.05, 3.63) is 28.8 Å². The molecule has 1 aliphatic rings. The van der Waals surface area contributed by atoms with E-state index in [0.717, 1.165) is 32.4 Å². The zero-order valence-electron chi connectivity index (χ0n) is 11.6. The van der Waals surface area contributed by atoms with Gasteiger partial charge in [0, 0.05) is 11.4 Å². The molecule has 0 amide bonds. The first-order chi connectivity index (χ1) is 9.43. The Morgan fingerprint density at radius 3 is 2.60 bits per heavy atom. The number of carbonyl (C=O) groups is 1. The molecule has 20 heavy (non-hydrogen) atoms. The molecule has 1 aromatic rings. The number of carboxylic acids is 1. The minimum atomic E-state index is -1.01. The van der Waals surface area contributed by atoms with Crippen LogP contribution in [0.5, 0.6) is 5.75 Å². The van der Waals surface area contributed by atoms with Gasteiger partial charge in [-0.3, -0.25) is 9.69 Å². The molecular formula is C15H20ClNO3. The Labute approximate surface area is 124 Å². The van der Waals surface area contributed by atoms with Gasteiger partial charge in [-0.1, -0.05) is 18.0 Å². The molecular weight excluding hydrogens is 278 g/mol. The van der Waals surface area contributed by atoms with Crippen molar-refractivity contribution in [2.75, 3.05) is 13.1 Å². The molecule has 0 radical (unpaired) electrons. The lowest BCUT2D eigenvalue weighted by Crippen LogP contribution is -2.55. The van der Waals surface area contributed by atoms with Crippen molar-refractivity contribution in [1.82, 2.24) is 4.90 Å². The molecule has 0 aliphatic carbocycles. The lowest BCUT2D eigenvalue weighted by molar-refractivity contribution is -0.151. The van der Waals surface area contributed by atoms with Gasteiger partial charge in [0.2, 0.25) is 0 Å². The summed E-state index contributed by atoms with van der Waals surface area (Å²) in [7, 11) is 0. The normalized spacial score (nSPS) is 19.5. The van der Waals surface area contributed by atoms with Crippen LogP contribution in [0.4, 0.5) is 0 Å². The standard InChI is InChI=1S/C15H20ClNO3/c1-15(14(19)20,17-7-3-2-4-8-17)10-11-9-12(16)5-6-13(11)18/h5-6,9,18H,2-4,7-8,10H2,1H3,(H,19,20). The Bertz CT molecular complexity index is 500. The molecule has 1 aromatic carbocycles. The molecule has 1 saturated heterocycles. The number of aromatic hydroxyl groups is 1. The van der Waals surface area contributed by atoms with Crippen LogP contribution < -0.4 is 0 Å². The summed E-state index contributed by atoms with van der Waals surface area (Å²) in [6, 6.07) is 4.75. The zero-order chi connectivity index (χ0) is 14.8. The molecule has 0 saturated carbocycles. The summed E-state index contributed by atoms with van der Waals surface area (Å²) < 4.78 is 0. The number of phenolic OH excluding ortho intramolecular Hbond substituents is 1. The minimum Gasteiger partial charge on any atom is -0.508 e. The molecule has 0 spiro atoms. The van der Waals surface area contributed by atoms with Gasteiger partial charge >= 0.3 is 5.97 Å². The van der Waals surface area contributed by atoms with Crippen LogP contribution in [0.3, 0.4) is 0 Å². The molecule has 1 unspecified atom stereocenters. The van der Waals surface area contributed by atoms with E-state index in [0.29, 0.717) is 10.6 Å². The van der Waals surface area contributed by atoms with Gasteiger partial charge in [0.05, 0.1) is 0 Å². The first-order valence-electron chi connectivity index (χ1n) is 6.89. The van der Waals surface area contributed by atoms with Crippen LogP contribution >= 0.6 is 11.6 Å². The summed E-state index contributed by atoms with van der Waals surface area (Å²) in [4.78, 5) is 13.8. The third-order valence-electron chi connectivity index (χ3n) is 4.09. The van der Waals surface area contributed by atoms with Crippen LogP contribution in [-0.4, -0.2) is 39.7 Å². The molecule has 1 heterocycles. The number of nitrogens with zero attached hydrogens (tertiary/aromatic N) is 1. The monoisotopic (exact) mass is 297 g/mol. The highest BCUT2D eigenvalue weighted by atomic mass is 35.5. The predicted molar refractivity (Wildman–Crippen MR) is 78.3 cm³/mol. The number of likely N-dealkylation sites (tertiary alicyclic amines) is 1. The summed E-state index contributed by atoms with van der Waals surface area (Å²) in [6.45, 7) is 3.29. The van der Waals surface area contributed by atoms with Crippen molar-refractivity contribution in [3.8, 4) is 5.75 Å². The van der Waals surface area contributed by atoms with Crippen molar-refractivity contribution in [2.24, 2.45) is 0 Å². The van der Waals surface area contributed by atoms with E-state index in [2.05, 4.69) is 0 Å². The maximum Gasteiger partial charge on any atom is 0.324 e. The van der Waals surface area contributed by atoms with Crippen molar-refractivity contribution in [3.63, 3.8) is 0 Å². The van der Waals surface area contributed by atoms with Gasteiger partial charge in [0.25, 0.3) is 0 Å². The van der Waals surface area contributed by atoms with Gasteiger partial charge in [-0.25, -0.2) is 0 Å². The lowest BCUT2D eigenvalue weighted by atomic mass is 9.88. The first-order valence-corrected chi connectivity index (χ1v) is 7.27. The molecule has 4 nitrogen and oxygen atoms in total. The molecule has 2 rings (SSSR count). The molecule has 5 heteroatoms. The van der Waals surface area contributed by atoms with Crippen molar-refractivity contribution < 1.29 is 15.0 Å². The maximum atomic E-state index is 11.8. The number of aliphatic carboxylic acids is 1. The number of hydrogen-bond acceptors (Lipinski definition) is 3. The van der Waals surface area contributed by atoms with E-state index >= 15 is 0 Å². The van der Waals surface area contributed by atoms with Gasteiger partial charge in [0.15, 0.2) is 0 Å². The fraction of sp³-hybridized carbons (Fsp3) is 0.533. The number of benzene rings is 1. The predicted octanol–water partition coefficient (Wildman–Crippen LogP) is 2.92. The lowest BCUT2D eigenvalue weighted by Gasteiger charge is -2.40. The fourth-order valence-electron chi connectivity index (χ4n) is 2.78. The van der Waals surface area contributed by atoms with Crippen molar-refractivity contribution >= 4 is 17.6 Å². The third kappa shape index (κ3) is 3.07. The fourth-order valence-corrected chi connectivity index (χ4v) is 2.97. The number of hydrogen-bond donors (Lipinski definition) is 2. The van der Waals surface area contributed by atoms with E-state index in [1.54, 1.807) is 19.1 Å². The minimum absolute atomic E-state index is 0.0962. The molecule has 1 aliphatic heterocycles. The summed E-state index contributed by atoms with van der Waals surface area (Å²) in [6.07, 6.45) is 3.43. The Hall–Kier alpha value is -1.26. The summed E-state index contributed by atoms with van der Waals surface area (Å²) in [5, 5.41) is 20.1. The van der Waals surface area contributed by atoms with Gasteiger partial charge < -0.3 is 10.2 Å². The second kappa shape index (κ2) is 6.02. The van der Waals surface area contributed by atoms with Crippen LogP contribution in [0, 0.1) is 0 Å². The SMILES string of the molecule is CC(Cc1cc(Cl)ccc1O)(C(=O)O)N1CCCCC1. The molecule has 1 atom stereocenters. The Morgan fingerprint density at radius 2 is 2.00 bits per heavy atom. The second-order valence-electron chi connectivity index (χ2n) is 5.58. The van der Waals surface area contributed by atoms with E-state index in [-0.39, 0.29) is 12.2 Å². The number of piperidine rings is 1. The van der Waals surface area contributed by atoms with E-state index in [1.165, 1.54) is 6.07 Å². The largest absolute Gasteiger partial charge is 0.508 e. The molecule has 2 N–H and O–H groups in total. The van der Waals surface area contributed by atoms with Crippen LogP contribution in [0.2, 0.25) is 5.02 Å². The highest BCUT2D eigenvalue weighted by Crippen LogP contribution is 2.30. The number of carboxylic acid groups (broad SMARTS) is 1. The van der Waals surface area contributed by atoms with Crippen LogP contribution in [0.1, 0.15) is 31.7 Å². The molecule has 110 valence electrons. The average molecular weight is 298 g/mol. The van der Waals surface area contributed by atoms with E-state index in [4.69, 9.17) is 11.6 Å². The topological polar surface area (TPSA) is 60.8 Å². The van der Waals surface area contributed by atoms with Gasteiger partial charge in [-0.05, 0) is 56.6 Å². The maximum absolute atomic E-state index is 11.8. The highest BCUT2D eigenvalue weighted by molar-refractivity contribution is 6.30. The second-order valence-corrected chi connectivity index (χ2v) is 6.01. The van der Waals surface area contributed by atoms with Crippen molar-refractivity contribution in [1.29, 1.82) is 0 Å². The van der Waals surface area contributed by atoms with Crippen LogP contribution in [0.15, 0.2) is 18.2 Å². The molecule has 1 fully saturated rings. The smallest absolute Gasteiger partial charge is 0.324 e. The summed E-state index contributed by atoms with van der Waals surface area (Å²) in [5.74, 6) is -0.766. The van der Waals surface area contributed by atoms with E-state index in [9.17, 15) is 15.0 Å². The van der Waals surface area contributed by atoms with Crippen LogP contribution in [-0.2, 0) is 11.2 Å². The highest BCUT2D eigenvalue weighted by Gasteiger charge is 2.40. The molecule has 0 bridgehead atoms. The van der Waals surface area contributed by atoms with Crippen LogP contribution in [0.25, 0.3) is 0 Å². The Morgan fingerprint density at radius 1 is 1.35 bits per heavy atom. The average Bonchev–Trinajstić information content (AvgIpc) is 2.43. The van der Waals surface area contributed by atoms with E-state index < -0.39 is 11.5 Å². The Balaban J connectivity index is 2.28. The third-order valence-corrected chi connectivity index (χ3v) is 4.33. The quantitative estimate of drug-likeness (QED) is 0.897. The van der Waals surface area contributed by atoms with Gasteiger partial charge in [0.1, 0.15) is 11.3 Å².